The van der Waals surface area contributed by atoms with E-state index in [2.05, 4.69) is 11.6 Å². The number of nitrogens with zero attached hydrogens (tertiary/aromatic N) is 4. The van der Waals surface area contributed by atoms with Gasteiger partial charge >= 0.3 is 5.97 Å². The van der Waals surface area contributed by atoms with Crippen molar-refractivity contribution in [2.24, 2.45) is 0 Å². The normalized spacial score (nSPS) is 19.9. The molecule has 3 heterocycles. The summed E-state index contributed by atoms with van der Waals surface area (Å²) in [7, 11) is 1.43. The van der Waals surface area contributed by atoms with Gasteiger partial charge in [0.05, 0.1) is 13.7 Å². The van der Waals surface area contributed by atoms with Crippen LogP contribution in [0.25, 0.3) is 11.4 Å². The highest BCUT2D eigenvalue weighted by Crippen LogP contribution is 2.17. The van der Waals surface area contributed by atoms with Gasteiger partial charge in [-0.3, -0.25) is 14.3 Å². The van der Waals surface area contributed by atoms with Crippen molar-refractivity contribution in [2.75, 3.05) is 26.0 Å². The maximum atomic E-state index is 11.8. The fourth-order valence-electron chi connectivity index (χ4n) is 2.95. The topological polar surface area (TPSA) is 66.4 Å². The molecule has 3 rings (SSSR count). The first-order valence-electron chi connectivity index (χ1n) is 8.36. The molecule has 1 unspecified atom stereocenters. The Kier molecular flexibility index (Phi) is 6.23. The SMILES string of the molecule is C=CCn1c(-c2cccnc2)nn(C[NH+]2CCS[C@H](C(=O)OC)C2)c1=S. The van der Waals surface area contributed by atoms with Crippen molar-refractivity contribution < 1.29 is 14.4 Å². The first kappa shape index (κ1) is 18.8. The van der Waals surface area contributed by atoms with Gasteiger partial charge in [-0.05, 0) is 24.4 Å². The molecule has 0 radical (unpaired) electrons. The molecule has 9 heteroatoms. The van der Waals surface area contributed by atoms with E-state index in [4.69, 9.17) is 22.1 Å². The van der Waals surface area contributed by atoms with Crippen molar-refractivity contribution in [3.63, 3.8) is 0 Å². The minimum absolute atomic E-state index is 0.133. The smallest absolute Gasteiger partial charge is 0.324 e. The van der Waals surface area contributed by atoms with Crippen molar-refractivity contribution >= 4 is 29.9 Å². The summed E-state index contributed by atoms with van der Waals surface area (Å²) in [5.41, 5.74) is 0.913. The van der Waals surface area contributed by atoms with Crippen LogP contribution in [0.15, 0.2) is 37.2 Å². The van der Waals surface area contributed by atoms with Crippen LogP contribution in [0.4, 0.5) is 0 Å². The molecule has 1 aliphatic rings. The molecule has 2 aromatic heterocycles. The highest BCUT2D eigenvalue weighted by Gasteiger charge is 2.30. The number of esters is 1. The predicted molar refractivity (Wildman–Crippen MR) is 103 cm³/mol. The van der Waals surface area contributed by atoms with Crippen molar-refractivity contribution in [2.45, 2.75) is 18.5 Å². The van der Waals surface area contributed by atoms with Crippen LogP contribution < -0.4 is 4.90 Å². The Hall–Kier alpha value is -1.97. The lowest BCUT2D eigenvalue weighted by Crippen LogP contribution is -3.14. The van der Waals surface area contributed by atoms with E-state index in [0.717, 1.165) is 23.7 Å². The molecule has 26 heavy (non-hydrogen) atoms. The average Bonchev–Trinajstić information content (AvgIpc) is 2.98. The quantitative estimate of drug-likeness (QED) is 0.446. The Balaban J connectivity index is 1.85. The van der Waals surface area contributed by atoms with E-state index in [1.165, 1.54) is 12.0 Å². The zero-order valence-corrected chi connectivity index (χ0v) is 16.3. The van der Waals surface area contributed by atoms with Crippen LogP contribution in [0, 0.1) is 4.77 Å². The van der Waals surface area contributed by atoms with Crippen molar-refractivity contribution in [1.29, 1.82) is 0 Å². The highest BCUT2D eigenvalue weighted by atomic mass is 32.2. The molecule has 1 fully saturated rings. The van der Waals surface area contributed by atoms with Gasteiger partial charge in [0.25, 0.3) is 0 Å². The zero-order valence-electron chi connectivity index (χ0n) is 14.6. The number of hydrogen-bond acceptors (Lipinski definition) is 6. The molecule has 138 valence electrons. The fourth-order valence-corrected chi connectivity index (χ4v) is 4.50. The Morgan fingerprint density at radius 1 is 1.62 bits per heavy atom. The number of carbonyl (C=O) groups is 1. The number of quaternary nitrogens is 1. The number of methoxy groups -OCH3 is 1. The van der Waals surface area contributed by atoms with Crippen molar-refractivity contribution in [1.82, 2.24) is 19.3 Å². The minimum Gasteiger partial charge on any atom is -0.468 e. The van der Waals surface area contributed by atoms with Crippen LogP contribution in [0.3, 0.4) is 0 Å². The summed E-state index contributed by atoms with van der Waals surface area (Å²) < 4.78 is 9.32. The van der Waals surface area contributed by atoms with Crippen LogP contribution in [0.2, 0.25) is 0 Å². The molecule has 2 atom stereocenters. The molecule has 0 bridgehead atoms. The lowest BCUT2D eigenvalue weighted by atomic mass is 10.3. The van der Waals surface area contributed by atoms with Crippen LogP contribution in [0.1, 0.15) is 0 Å². The molecule has 1 N–H and O–H groups in total. The second-order valence-electron chi connectivity index (χ2n) is 5.99. The van der Waals surface area contributed by atoms with Gasteiger partial charge < -0.3 is 9.64 Å². The maximum Gasteiger partial charge on any atom is 0.324 e. The number of pyridine rings is 1. The number of hydrogen-bond donors (Lipinski definition) is 1. The summed E-state index contributed by atoms with van der Waals surface area (Å²) in [5.74, 6) is 1.52. The predicted octanol–water partition coefficient (Wildman–Crippen LogP) is 0.793. The van der Waals surface area contributed by atoms with E-state index >= 15 is 0 Å². The van der Waals surface area contributed by atoms with E-state index in [0.29, 0.717) is 24.5 Å². The Labute approximate surface area is 161 Å². The maximum absolute atomic E-state index is 11.8. The van der Waals surface area contributed by atoms with Gasteiger partial charge in [0, 0.05) is 30.3 Å². The molecule has 7 nitrogen and oxygen atoms in total. The van der Waals surface area contributed by atoms with Crippen LogP contribution in [-0.2, 0) is 22.7 Å². The Morgan fingerprint density at radius 3 is 3.15 bits per heavy atom. The third kappa shape index (κ3) is 4.05. The summed E-state index contributed by atoms with van der Waals surface area (Å²) in [5, 5.41) is 4.59. The number of nitrogens with one attached hydrogen (secondary N) is 1. The standard InChI is InChI=1S/C17H21N5O2S2/c1-3-7-21-15(13-5-4-6-18-10-13)19-22(17(21)25)12-20-8-9-26-14(11-20)16(23)24-2/h3-6,10,14H,1,7-9,11-12H2,2H3/p+1/t14-/m0/s1. The number of allylic oxidation sites excluding steroid dienone is 1. The largest absolute Gasteiger partial charge is 0.468 e. The first-order valence-corrected chi connectivity index (χ1v) is 9.81. The van der Waals surface area contributed by atoms with Crippen LogP contribution in [-0.4, -0.2) is 56.5 Å². The molecule has 2 aromatic rings. The molecule has 1 saturated heterocycles. The van der Waals surface area contributed by atoms with E-state index in [1.54, 1.807) is 30.2 Å². The number of thioether (sulfide) groups is 1. The Bertz CT molecular complexity index is 833. The second kappa shape index (κ2) is 8.61. The van der Waals surface area contributed by atoms with Crippen molar-refractivity contribution in [3.05, 3.63) is 42.0 Å². The molecule has 0 aliphatic carbocycles. The zero-order chi connectivity index (χ0) is 18.5. The first-order chi connectivity index (χ1) is 12.6. The molecular weight excluding hydrogens is 370 g/mol. The molecule has 0 aromatic carbocycles. The molecule has 1 aliphatic heterocycles. The van der Waals surface area contributed by atoms with Gasteiger partial charge in [-0.1, -0.05) is 6.08 Å². The third-order valence-corrected chi connectivity index (χ3v) is 5.87. The second-order valence-corrected chi connectivity index (χ2v) is 7.67. The minimum atomic E-state index is -0.163. The molecule has 0 spiro atoms. The monoisotopic (exact) mass is 392 g/mol. The van der Waals surface area contributed by atoms with Gasteiger partial charge in [-0.15, -0.1) is 23.4 Å². The lowest BCUT2D eigenvalue weighted by Gasteiger charge is -2.27. The average molecular weight is 393 g/mol. The van der Waals surface area contributed by atoms with Gasteiger partial charge in [-0.25, -0.2) is 0 Å². The van der Waals surface area contributed by atoms with Crippen LogP contribution in [0.5, 0.6) is 0 Å². The summed E-state index contributed by atoms with van der Waals surface area (Å²) in [6, 6.07) is 3.84. The molecular formula is C17H22N5O2S2+. The fraction of sp³-hybridized carbons (Fsp3) is 0.412. The Morgan fingerprint density at radius 2 is 2.46 bits per heavy atom. The van der Waals surface area contributed by atoms with E-state index in [9.17, 15) is 4.79 Å². The van der Waals surface area contributed by atoms with Gasteiger partial charge in [0.2, 0.25) is 4.77 Å². The number of ether oxygens (including phenoxy) is 1. The summed E-state index contributed by atoms with van der Waals surface area (Å²) >= 11 is 7.29. The third-order valence-electron chi connectivity index (χ3n) is 4.24. The van der Waals surface area contributed by atoms with E-state index < -0.39 is 0 Å². The highest BCUT2D eigenvalue weighted by molar-refractivity contribution is 8.00. The van der Waals surface area contributed by atoms with Crippen molar-refractivity contribution in [3.8, 4) is 11.4 Å². The van der Waals surface area contributed by atoms with E-state index in [1.807, 2.05) is 21.4 Å². The molecule has 0 saturated carbocycles. The number of aromatic nitrogens is 4. The van der Waals surface area contributed by atoms with Gasteiger partial charge in [-0.2, -0.15) is 4.68 Å². The van der Waals surface area contributed by atoms with Gasteiger partial charge in [0.1, 0.15) is 6.54 Å². The summed E-state index contributed by atoms with van der Waals surface area (Å²) in [6.07, 6.45) is 5.31. The lowest BCUT2D eigenvalue weighted by molar-refractivity contribution is -0.921. The number of rotatable bonds is 6. The van der Waals surface area contributed by atoms with Gasteiger partial charge in [0.15, 0.2) is 17.7 Å². The van der Waals surface area contributed by atoms with Crippen LogP contribution >= 0.6 is 24.0 Å². The van der Waals surface area contributed by atoms with E-state index in [-0.39, 0.29) is 11.2 Å². The summed E-state index contributed by atoms with van der Waals surface area (Å²) in [4.78, 5) is 17.3. The molecule has 0 amide bonds. The summed E-state index contributed by atoms with van der Waals surface area (Å²) in [6.45, 7) is 6.67. The number of carbonyl (C=O) groups excluding carboxylic acids is 1.